The van der Waals surface area contributed by atoms with Gasteiger partial charge in [0, 0.05) is 7.11 Å². The number of hydrogen-bond acceptors (Lipinski definition) is 3. The van der Waals surface area contributed by atoms with E-state index in [2.05, 4.69) is 0 Å². The molecule has 0 heterocycles. The van der Waals surface area contributed by atoms with Gasteiger partial charge >= 0.3 is 5.97 Å². The number of methoxy groups -OCH3 is 1. The lowest BCUT2D eigenvalue weighted by Crippen LogP contribution is -2.10. The van der Waals surface area contributed by atoms with Crippen molar-refractivity contribution < 1.29 is 14.3 Å². The zero-order valence-electron chi connectivity index (χ0n) is 9.94. The van der Waals surface area contributed by atoms with Crippen molar-refractivity contribution in [1.82, 2.24) is 0 Å². The summed E-state index contributed by atoms with van der Waals surface area (Å²) in [6, 6.07) is 5.89. The van der Waals surface area contributed by atoms with Gasteiger partial charge in [0.1, 0.15) is 5.75 Å². The van der Waals surface area contributed by atoms with Gasteiger partial charge < -0.3 is 9.47 Å². The maximum Gasteiger partial charge on any atom is 0.314 e. The van der Waals surface area contributed by atoms with E-state index in [4.69, 9.17) is 9.47 Å². The Morgan fingerprint density at radius 3 is 2.82 bits per heavy atom. The summed E-state index contributed by atoms with van der Waals surface area (Å²) in [6.07, 6.45) is 4.18. The fourth-order valence-corrected chi connectivity index (χ4v) is 2.37. The van der Waals surface area contributed by atoms with Crippen LogP contribution in [0, 0.1) is 5.92 Å². The molecule has 3 nitrogen and oxygen atoms in total. The van der Waals surface area contributed by atoms with Crippen LogP contribution in [0.3, 0.4) is 0 Å². The lowest BCUT2D eigenvalue weighted by atomic mass is 10.1. The molecule has 0 N–H and O–H groups in total. The summed E-state index contributed by atoms with van der Waals surface area (Å²) in [5, 5.41) is 0. The van der Waals surface area contributed by atoms with E-state index in [1.807, 2.05) is 18.2 Å². The maximum absolute atomic E-state index is 11.6. The van der Waals surface area contributed by atoms with Crippen molar-refractivity contribution in [2.45, 2.75) is 31.8 Å². The predicted molar refractivity (Wildman–Crippen MR) is 62.9 cm³/mol. The highest BCUT2D eigenvalue weighted by Gasteiger charge is 2.32. The van der Waals surface area contributed by atoms with Crippen molar-refractivity contribution in [3.8, 4) is 5.75 Å². The monoisotopic (exact) mass is 232 g/mol. The first-order valence-corrected chi connectivity index (χ1v) is 6.15. The zero-order chi connectivity index (χ0) is 11.8. The van der Waals surface area contributed by atoms with Crippen LogP contribution in [0.4, 0.5) is 0 Å². The minimum absolute atomic E-state index is 0.0862. The molecule has 0 aromatic heterocycles. The largest absolute Gasteiger partial charge is 0.426 e. The number of ether oxygens (including phenoxy) is 2. The third-order valence-corrected chi connectivity index (χ3v) is 3.55. The molecule has 1 unspecified atom stereocenters. The Kier molecular flexibility index (Phi) is 2.63. The maximum atomic E-state index is 11.6. The zero-order valence-corrected chi connectivity index (χ0v) is 9.94. The van der Waals surface area contributed by atoms with Gasteiger partial charge in [0.15, 0.2) is 0 Å². The number of carbonyl (C=O) groups is 1. The molecule has 0 saturated heterocycles. The summed E-state index contributed by atoms with van der Waals surface area (Å²) in [6.45, 7) is 0. The van der Waals surface area contributed by atoms with Crippen molar-refractivity contribution in [1.29, 1.82) is 0 Å². The fraction of sp³-hybridized carbons (Fsp3) is 0.500. The first kappa shape index (κ1) is 10.8. The van der Waals surface area contributed by atoms with E-state index in [0.29, 0.717) is 5.75 Å². The average Bonchev–Trinajstić information content (AvgIpc) is 3.10. The van der Waals surface area contributed by atoms with Gasteiger partial charge in [-0.3, -0.25) is 4.79 Å². The molecule has 1 atom stereocenters. The number of hydrogen-bond donors (Lipinski definition) is 0. The van der Waals surface area contributed by atoms with Gasteiger partial charge in [-0.15, -0.1) is 0 Å². The van der Waals surface area contributed by atoms with E-state index < -0.39 is 0 Å². The number of carbonyl (C=O) groups excluding carboxylic acids is 1. The highest BCUT2D eigenvalue weighted by Crippen LogP contribution is 2.36. The van der Waals surface area contributed by atoms with Crippen LogP contribution in [-0.2, 0) is 16.0 Å². The third-order valence-electron chi connectivity index (χ3n) is 3.55. The standard InChI is InChI=1S/C14H16O3/c1-16-13-7-5-9-4-6-11(8-12(9)13)17-14(15)10-2-3-10/h4,6,8,10,13H,2-3,5,7H2,1H3. The lowest BCUT2D eigenvalue weighted by molar-refractivity contribution is -0.135. The van der Waals surface area contributed by atoms with Crippen molar-refractivity contribution in [3.63, 3.8) is 0 Å². The van der Waals surface area contributed by atoms with E-state index in [0.717, 1.165) is 25.7 Å². The highest BCUT2D eigenvalue weighted by molar-refractivity contribution is 5.77. The Hall–Kier alpha value is -1.35. The summed E-state index contributed by atoms with van der Waals surface area (Å²) >= 11 is 0. The lowest BCUT2D eigenvalue weighted by Gasteiger charge is -2.10. The normalized spacial score (nSPS) is 22.3. The SMILES string of the molecule is COC1CCc2ccc(OC(=O)C3CC3)cc21. The van der Waals surface area contributed by atoms with Crippen LogP contribution in [0.1, 0.15) is 36.5 Å². The van der Waals surface area contributed by atoms with Crippen LogP contribution < -0.4 is 4.74 Å². The van der Waals surface area contributed by atoms with E-state index in [9.17, 15) is 4.79 Å². The number of fused-ring (bicyclic) bond motifs is 1. The Balaban J connectivity index is 1.80. The second-order valence-corrected chi connectivity index (χ2v) is 4.82. The van der Waals surface area contributed by atoms with E-state index in [-0.39, 0.29) is 18.0 Å². The molecular weight excluding hydrogens is 216 g/mol. The second kappa shape index (κ2) is 4.15. The Bertz CT molecular complexity index is 449. The molecule has 2 aliphatic carbocycles. The molecule has 0 amide bonds. The van der Waals surface area contributed by atoms with Crippen molar-refractivity contribution in [2.24, 2.45) is 5.92 Å². The quantitative estimate of drug-likeness (QED) is 0.593. The number of esters is 1. The molecule has 3 rings (SSSR count). The summed E-state index contributed by atoms with van der Waals surface area (Å²) in [5.74, 6) is 0.711. The third kappa shape index (κ3) is 2.07. The van der Waals surface area contributed by atoms with Crippen molar-refractivity contribution in [3.05, 3.63) is 29.3 Å². The van der Waals surface area contributed by atoms with Crippen molar-refractivity contribution >= 4 is 5.97 Å². The summed E-state index contributed by atoms with van der Waals surface area (Å²) < 4.78 is 10.8. The molecule has 1 saturated carbocycles. The van der Waals surface area contributed by atoms with Crippen LogP contribution in [0.15, 0.2) is 18.2 Å². The van der Waals surface area contributed by atoms with Gasteiger partial charge in [0.05, 0.1) is 12.0 Å². The molecule has 0 spiro atoms. The van der Waals surface area contributed by atoms with Gasteiger partial charge in [0.25, 0.3) is 0 Å². The molecule has 17 heavy (non-hydrogen) atoms. The minimum Gasteiger partial charge on any atom is -0.426 e. The predicted octanol–water partition coefficient (Wildman–Crippen LogP) is 2.64. The smallest absolute Gasteiger partial charge is 0.314 e. The molecule has 0 aliphatic heterocycles. The molecule has 0 bridgehead atoms. The van der Waals surface area contributed by atoms with Crippen LogP contribution in [0.25, 0.3) is 0 Å². The average molecular weight is 232 g/mol. The Morgan fingerprint density at radius 2 is 2.12 bits per heavy atom. The van der Waals surface area contributed by atoms with Crippen LogP contribution in [0.5, 0.6) is 5.75 Å². The van der Waals surface area contributed by atoms with Gasteiger partial charge in [-0.1, -0.05) is 6.07 Å². The number of benzene rings is 1. The van der Waals surface area contributed by atoms with Crippen LogP contribution >= 0.6 is 0 Å². The fourth-order valence-electron chi connectivity index (χ4n) is 2.37. The molecule has 3 heteroatoms. The molecule has 2 aliphatic rings. The van der Waals surface area contributed by atoms with Crippen molar-refractivity contribution in [2.75, 3.05) is 7.11 Å². The van der Waals surface area contributed by atoms with E-state index >= 15 is 0 Å². The van der Waals surface area contributed by atoms with E-state index in [1.54, 1.807) is 7.11 Å². The summed E-state index contributed by atoms with van der Waals surface area (Å²) in [5.41, 5.74) is 2.48. The van der Waals surface area contributed by atoms with Gasteiger partial charge in [-0.2, -0.15) is 0 Å². The molecule has 1 aromatic carbocycles. The molecule has 0 radical (unpaired) electrons. The van der Waals surface area contributed by atoms with Gasteiger partial charge in [-0.25, -0.2) is 0 Å². The number of aryl methyl sites for hydroxylation is 1. The van der Waals surface area contributed by atoms with Crippen LogP contribution in [-0.4, -0.2) is 13.1 Å². The summed E-state index contributed by atoms with van der Waals surface area (Å²) in [7, 11) is 1.72. The molecule has 1 fully saturated rings. The molecule has 90 valence electrons. The highest BCUT2D eigenvalue weighted by atomic mass is 16.5. The summed E-state index contributed by atoms with van der Waals surface area (Å²) in [4.78, 5) is 11.6. The first-order valence-electron chi connectivity index (χ1n) is 6.15. The Morgan fingerprint density at radius 1 is 1.29 bits per heavy atom. The first-order chi connectivity index (χ1) is 8.28. The second-order valence-electron chi connectivity index (χ2n) is 4.82. The molecule has 1 aromatic rings. The molecular formula is C14H16O3. The minimum atomic E-state index is -0.0862. The topological polar surface area (TPSA) is 35.5 Å². The number of rotatable bonds is 3. The van der Waals surface area contributed by atoms with E-state index in [1.165, 1.54) is 11.1 Å². The van der Waals surface area contributed by atoms with Gasteiger partial charge in [-0.05, 0) is 48.9 Å². The Labute approximate surface area is 101 Å². The van der Waals surface area contributed by atoms with Gasteiger partial charge in [0.2, 0.25) is 0 Å². The van der Waals surface area contributed by atoms with Crippen LogP contribution in [0.2, 0.25) is 0 Å².